The Labute approximate surface area is 217 Å². The lowest BCUT2D eigenvalue weighted by atomic mass is 9.99. The largest absolute Gasteiger partial charge is 0.394 e. The molecule has 1 fully saturated rings. The van der Waals surface area contributed by atoms with Crippen LogP contribution in [0.3, 0.4) is 0 Å². The van der Waals surface area contributed by atoms with Crippen LogP contribution in [-0.2, 0) is 0 Å². The van der Waals surface area contributed by atoms with Gasteiger partial charge in [0.1, 0.15) is 0 Å². The number of likely N-dealkylation sites (tertiary alicyclic amines) is 1. The van der Waals surface area contributed by atoms with Gasteiger partial charge in [-0.1, -0.05) is 35.3 Å². The zero-order chi connectivity index (χ0) is 25.8. The average molecular weight is 528 g/mol. The van der Waals surface area contributed by atoms with Crippen molar-refractivity contribution in [3.63, 3.8) is 0 Å². The number of benzene rings is 3. The van der Waals surface area contributed by atoms with Crippen LogP contribution in [0.5, 0.6) is 0 Å². The highest BCUT2D eigenvalue weighted by atomic mass is 35.5. The molecular weight excluding hydrogens is 505 g/mol. The number of rotatable bonds is 6. The Morgan fingerprint density at radius 1 is 0.917 bits per heavy atom. The summed E-state index contributed by atoms with van der Waals surface area (Å²) >= 11 is 12.1. The van der Waals surface area contributed by atoms with Gasteiger partial charge in [0, 0.05) is 28.4 Å². The van der Waals surface area contributed by atoms with Crippen molar-refractivity contribution in [3.8, 4) is 11.1 Å². The van der Waals surface area contributed by atoms with Crippen molar-refractivity contribution in [2.75, 3.05) is 18.5 Å². The first-order valence-electron chi connectivity index (χ1n) is 11.2. The molecule has 0 radical (unpaired) electrons. The maximum Gasteiger partial charge on any atom is 0.274 e. The van der Waals surface area contributed by atoms with Gasteiger partial charge in [0.25, 0.3) is 17.7 Å². The topological polar surface area (TPSA) is 119 Å². The fourth-order valence-corrected chi connectivity index (χ4v) is 4.69. The Hall–Kier alpha value is -3.43. The van der Waals surface area contributed by atoms with Crippen molar-refractivity contribution in [2.45, 2.75) is 18.9 Å². The minimum atomic E-state index is -0.651. The molecule has 0 aliphatic carbocycles. The van der Waals surface area contributed by atoms with Gasteiger partial charge in [0.15, 0.2) is 0 Å². The SMILES string of the molecule is O=C(NO)c1ccc(-c2cc(NC(=O)c3ccc(Cl)cc3Cl)cc(C(=O)N3CCC[C@@H]3CO)c2)cc1. The molecule has 10 heteroatoms. The van der Waals surface area contributed by atoms with Crippen molar-refractivity contribution in [2.24, 2.45) is 0 Å². The molecule has 3 aromatic rings. The van der Waals surface area contributed by atoms with Crippen LogP contribution in [0.15, 0.2) is 60.7 Å². The van der Waals surface area contributed by atoms with Gasteiger partial charge < -0.3 is 15.3 Å². The number of anilines is 1. The van der Waals surface area contributed by atoms with Gasteiger partial charge in [-0.15, -0.1) is 0 Å². The van der Waals surface area contributed by atoms with Crippen molar-refractivity contribution in [3.05, 3.63) is 87.4 Å². The summed E-state index contributed by atoms with van der Waals surface area (Å²) in [6, 6.07) is 15.6. The van der Waals surface area contributed by atoms with Crippen LogP contribution in [0, 0.1) is 0 Å². The van der Waals surface area contributed by atoms with Gasteiger partial charge in [-0.25, -0.2) is 5.48 Å². The molecule has 1 aliphatic rings. The van der Waals surface area contributed by atoms with Crippen LogP contribution in [-0.4, -0.2) is 52.1 Å². The first-order valence-corrected chi connectivity index (χ1v) is 11.9. The van der Waals surface area contributed by atoms with E-state index >= 15 is 0 Å². The number of hydroxylamine groups is 1. The molecule has 0 spiro atoms. The van der Waals surface area contributed by atoms with E-state index in [2.05, 4.69) is 5.32 Å². The van der Waals surface area contributed by atoms with E-state index in [1.165, 1.54) is 24.3 Å². The molecule has 0 saturated carbocycles. The van der Waals surface area contributed by atoms with Crippen LogP contribution in [0.1, 0.15) is 43.9 Å². The van der Waals surface area contributed by atoms with E-state index in [1.807, 2.05) is 0 Å². The monoisotopic (exact) mass is 527 g/mol. The van der Waals surface area contributed by atoms with E-state index in [1.54, 1.807) is 46.8 Å². The van der Waals surface area contributed by atoms with E-state index < -0.39 is 11.8 Å². The fourth-order valence-electron chi connectivity index (χ4n) is 4.20. The summed E-state index contributed by atoms with van der Waals surface area (Å²) < 4.78 is 0. The molecule has 3 aromatic carbocycles. The number of carbonyl (C=O) groups is 3. The van der Waals surface area contributed by atoms with E-state index in [0.29, 0.717) is 33.9 Å². The number of nitrogens with zero attached hydrogens (tertiary/aromatic N) is 1. The quantitative estimate of drug-likeness (QED) is 0.275. The van der Waals surface area contributed by atoms with Gasteiger partial charge in [-0.05, 0) is 72.5 Å². The maximum atomic E-state index is 13.4. The van der Waals surface area contributed by atoms with Crippen molar-refractivity contribution < 1.29 is 24.7 Å². The molecule has 4 N–H and O–H groups in total. The number of carbonyl (C=O) groups excluding carboxylic acids is 3. The highest BCUT2D eigenvalue weighted by Gasteiger charge is 2.29. The molecule has 8 nitrogen and oxygen atoms in total. The Morgan fingerprint density at radius 2 is 1.67 bits per heavy atom. The zero-order valence-corrected chi connectivity index (χ0v) is 20.5. The second kappa shape index (κ2) is 11.1. The summed E-state index contributed by atoms with van der Waals surface area (Å²) in [5.74, 6) is -1.39. The molecule has 0 aromatic heterocycles. The lowest BCUT2D eigenvalue weighted by Gasteiger charge is -2.23. The van der Waals surface area contributed by atoms with Gasteiger partial charge in [0.05, 0.1) is 23.2 Å². The molecule has 0 bridgehead atoms. The predicted molar refractivity (Wildman–Crippen MR) is 137 cm³/mol. The normalized spacial score (nSPS) is 15.0. The molecule has 1 atom stereocenters. The third-order valence-electron chi connectivity index (χ3n) is 6.04. The van der Waals surface area contributed by atoms with E-state index in [-0.39, 0.29) is 34.7 Å². The molecule has 1 aliphatic heterocycles. The van der Waals surface area contributed by atoms with E-state index in [9.17, 15) is 19.5 Å². The summed E-state index contributed by atoms with van der Waals surface area (Å²) in [4.78, 5) is 39.6. The maximum absolute atomic E-state index is 13.4. The van der Waals surface area contributed by atoms with Gasteiger partial charge >= 0.3 is 0 Å². The average Bonchev–Trinajstić information content (AvgIpc) is 3.36. The lowest BCUT2D eigenvalue weighted by molar-refractivity contribution is 0.0676. The van der Waals surface area contributed by atoms with Crippen molar-refractivity contribution in [1.82, 2.24) is 10.4 Å². The number of hydrogen-bond acceptors (Lipinski definition) is 5. The summed E-state index contributed by atoms with van der Waals surface area (Å²) in [7, 11) is 0. The second-order valence-corrected chi connectivity index (χ2v) is 9.22. The van der Waals surface area contributed by atoms with Gasteiger partial charge in [0.2, 0.25) is 0 Å². The van der Waals surface area contributed by atoms with Crippen molar-refractivity contribution >= 4 is 46.6 Å². The summed E-state index contributed by atoms with van der Waals surface area (Å²) in [5.41, 5.74) is 4.06. The van der Waals surface area contributed by atoms with Crippen LogP contribution in [0.4, 0.5) is 5.69 Å². The van der Waals surface area contributed by atoms with Crippen LogP contribution >= 0.6 is 23.2 Å². The standard InChI is InChI=1S/C26H23Cl2N3O5/c27-19-7-8-22(23(28)13-19)25(34)29-20-11-17(15-3-5-16(6-4-15)24(33)30-36)10-18(12-20)26(35)31-9-1-2-21(31)14-32/h3-8,10-13,21,32,36H,1-2,9,14H2,(H,29,34)(H,30,33)/t21-/m1/s1. The predicted octanol–water partition coefficient (Wildman–Crippen LogP) is 4.63. The Bertz CT molecular complexity index is 1310. The van der Waals surface area contributed by atoms with Gasteiger partial charge in [-0.2, -0.15) is 0 Å². The number of aliphatic hydroxyl groups is 1. The molecule has 1 saturated heterocycles. The number of halogens is 2. The van der Waals surface area contributed by atoms with Crippen molar-refractivity contribution in [1.29, 1.82) is 0 Å². The third-order valence-corrected chi connectivity index (χ3v) is 6.59. The number of amides is 3. The van der Waals surface area contributed by atoms with Crippen LogP contribution in [0.2, 0.25) is 10.0 Å². The molecule has 4 rings (SSSR count). The number of hydrogen-bond donors (Lipinski definition) is 4. The number of nitrogens with one attached hydrogen (secondary N) is 2. The van der Waals surface area contributed by atoms with Crippen LogP contribution < -0.4 is 10.8 Å². The Kier molecular flexibility index (Phi) is 7.91. The Balaban J connectivity index is 1.72. The second-order valence-electron chi connectivity index (χ2n) is 8.37. The first-order chi connectivity index (χ1) is 17.3. The first kappa shape index (κ1) is 25.7. The van der Waals surface area contributed by atoms with Crippen LogP contribution in [0.25, 0.3) is 11.1 Å². The zero-order valence-electron chi connectivity index (χ0n) is 19.0. The van der Waals surface area contributed by atoms with Gasteiger partial charge in [-0.3, -0.25) is 19.6 Å². The highest BCUT2D eigenvalue weighted by molar-refractivity contribution is 6.37. The third kappa shape index (κ3) is 5.52. The molecule has 0 unspecified atom stereocenters. The van der Waals surface area contributed by atoms with E-state index in [4.69, 9.17) is 28.4 Å². The molecule has 36 heavy (non-hydrogen) atoms. The lowest BCUT2D eigenvalue weighted by Crippen LogP contribution is -2.37. The highest BCUT2D eigenvalue weighted by Crippen LogP contribution is 2.29. The number of aliphatic hydroxyl groups excluding tert-OH is 1. The van der Waals surface area contributed by atoms with E-state index in [0.717, 1.165) is 12.8 Å². The fraction of sp³-hybridized carbons (Fsp3) is 0.192. The molecule has 3 amide bonds. The smallest absolute Gasteiger partial charge is 0.274 e. The Morgan fingerprint density at radius 3 is 2.33 bits per heavy atom. The molecular formula is C26H23Cl2N3O5. The minimum absolute atomic E-state index is 0.127. The molecule has 1 heterocycles. The minimum Gasteiger partial charge on any atom is -0.394 e. The molecule has 186 valence electrons. The summed E-state index contributed by atoms with van der Waals surface area (Å²) in [5, 5.41) is 21.9. The summed E-state index contributed by atoms with van der Waals surface area (Å²) in [6.45, 7) is 0.403. The summed E-state index contributed by atoms with van der Waals surface area (Å²) in [6.07, 6.45) is 1.51.